The molecule has 108 valence electrons. The van der Waals surface area contributed by atoms with E-state index in [9.17, 15) is 0 Å². The minimum Gasteiger partial charge on any atom is -0.378 e. The van der Waals surface area contributed by atoms with Gasteiger partial charge in [0.05, 0.1) is 13.2 Å². The fourth-order valence-electron chi connectivity index (χ4n) is 2.90. The fourth-order valence-corrected chi connectivity index (χ4v) is 2.90. The van der Waals surface area contributed by atoms with Crippen molar-refractivity contribution in [3.8, 4) is 0 Å². The van der Waals surface area contributed by atoms with Gasteiger partial charge in [0.25, 0.3) is 0 Å². The number of rotatable bonds is 3. The maximum Gasteiger partial charge on any atom is 0.0642 e. The highest BCUT2D eigenvalue weighted by Crippen LogP contribution is 2.33. The number of ether oxygens (including phenoxy) is 1. The van der Waals surface area contributed by atoms with Gasteiger partial charge in [-0.05, 0) is 29.7 Å². The molecule has 1 aliphatic rings. The zero-order valence-electron chi connectivity index (χ0n) is 12.5. The van der Waals surface area contributed by atoms with Crippen LogP contribution in [0.2, 0.25) is 0 Å². The standard InChI is InChI=1S/C19H21NO/c1-15-7-6-10-18(20-11-13-21-14-12-20)19(15)16(2)17-8-4-3-5-9-17/h3-10H,2,11-14H2,1H3. The van der Waals surface area contributed by atoms with Gasteiger partial charge in [-0.15, -0.1) is 0 Å². The summed E-state index contributed by atoms with van der Waals surface area (Å²) in [5.41, 5.74) is 6.07. The molecule has 0 atom stereocenters. The average Bonchev–Trinajstić information content (AvgIpc) is 2.55. The van der Waals surface area contributed by atoms with Crippen molar-refractivity contribution >= 4 is 11.3 Å². The topological polar surface area (TPSA) is 12.5 Å². The first-order valence-electron chi connectivity index (χ1n) is 7.44. The summed E-state index contributed by atoms with van der Waals surface area (Å²) in [6, 6.07) is 16.9. The van der Waals surface area contributed by atoms with Gasteiger partial charge in [0.1, 0.15) is 0 Å². The van der Waals surface area contributed by atoms with Crippen molar-refractivity contribution in [2.45, 2.75) is 6.92 Å². The van der Waals surface area contributed by atoms with Crippen molar-refractivity contribution < 1.29 is 4.74 Å². The normalized spacial score (nSPS) is 15.0. The molecule has 0 unspecified atom stereocenters. The maximum atomic E-state index is 5.47. The summed E-state index contributed by atoms with van der Waals surface area (Å²) >= 11 is 0. The summed E-state index contributed by atoms with van der Waals surface area (Å²) in [5.74, 6) is 0. The second kappa shape index (κ2) is 6.15. The molecule has 0 saturated carbocycles. The molecule has 21 heavy (non-hydrogen) atoms. The lowest BCUT2D eigenvalue weighted by atomic mass is 9.93. The van der Waals surface area contributed by atoms with E-state index in [1.165, 1.54) is 22.4 Å². The number of hydrogen-bond donors (Lipinski definition) is 0. The van der Waals surface area contributed by atoms with Crippen molar-refractivity contribution in [1.29, 1.82) is 0 Å². The Morgan fingerprint density at radius 2 is 1.71 bits per heavy atom. The van der Waals surface area contributed by atoms with Crippen LogP contribution in [0.4, 0.5) is 5.69 Å². The number of benzene rings is 2. The van der Waals surface area contributed by atoms with Crippen LogP contribution in [0.5, 0.6) is 0 Å². The first-order chi connectivity index (χ1) is 10.3. The number of hydrogen-bond acceptors (Lipinski definition) is 2. The predicted octanol–water partition coefficient (Wildman–Crippen LogP) is 3.89. The first-order valence-corrected chi connectivity index (χ1v) is 7.44. The summed E-state index contributed by atoms with van der Waals surface area (Å²) in [5, 5.41) is 0. The number of aryl methyl sites for hydroxylation is 1. The molecule has 0 N–H and O–H groups in total. The monoisotopic (exact) mass is 279 g/mol. The van der Waals surface area contributed by atoms with E-state index in [0.29, 0.717) is 0 Å². The minimum atomic E-state index is 0.797. The first kappa shape index (κ1) is 13.9. The Morgan fingerprint density at radius 3 is 2.43 bits per heavy atom. The largest absolute Gasteiger partial charge is 0.378 e. The zero-order valence-corrected chi connectivity index (χ0v) is 12.5. The van der Waals surface area contributed by atoms with Crippen LogP contribution >= 0.6 is 0 Å². The summed E-state index contributed by atoms with van der Waals surface area (Å²) < 4.78 is 5.47. The van der Waals surface area contributed by atoms with Gasteiger partial charge in [-0.1, -0.05) is 49.0 Å². The third-order valence-corrected chi connectivity index (χ3v) is 4.03. The lowest BCUT2D eigenvalue weighted by molar-refractivity contribution is 0.122. The Labute approximate surface area is 126 Å². The van der Waals surface area contributed by atoms with Gasteiger partial charge in [-0.25, -0.2) is 0 Å². The van der Waals surface area contributed by atoms with E-state index < -0.39 is 0 Å². The molecule has 2 aromatic rings. The molecule has 2 heteroatoms. The Kier molecular flexibility index (Phi) is 4.07. The van der Waals surface area contributed by atoms with Crippen LogP contribution < -0.4 is 4.90 Å². The lowest BCUT2D eigenvalue weighted by Crippen LogP contribution is -2.36. The second-order valence-corrected chi connectivity index (χ2v) is 5.41. The molecular formula is C19H21NO. The third kappa shape index (κ3) is 2.86. The molecule has 0 bridgehead atoms. The van der Waals surface area contributed by atoms with Crippen LogP contribution in [-0.4, -0.2) is 26.3 Å². The number of nitrogens with zero attached hydrogens (tertiary/aromatic N) is 1. The van der Waals surface area contributed by atoms with E-state index in [0.717, 1.165) is 31.9 Å². The highest BCUT2D eigenvalue weighted by molar-refractivity contribution is 5.87. The maximum absolute atomic E-state index is 5.47. The van der Waals surface area contributed by atoms with Crippen molar-refractivity contribution in [2.75, 3.05) is 31.2 Å². The highest BCUT2D eigenvalue weighted by Gasteiger charge is 2.18. The summed E-state index contributed by atoms with van der Waals surface area (Å²) in [6.45, 7) is 9.99. The zero-order chi connectivity index (χ0) is 14.7. The molecule has 2 aromatic carbocycles. The van der Waals surface area contributed by atoms with Crippen molar-refractivity contribution in [3.63, 3.8) is 0 Å². The molecule has 3 rings (SSSR count). The van der Waals surface area contributed by atoms with E-state index in [2.05, 4.69) is 60.9 Å². The molecule has 0 spiro atoms. The Morgan fingerprint density at radius 1 is 1.00 bits per heavy atom. The minimum absolute atomic E-state index is 0.797. The van der Waals surface area contributed by atoms with Crippen LogP contribution in [-0.2, 0) is 4.74 Å². The summed E-state index contributed by atoms with van der Waals surface area (Å²) in [7, 11) is 0. The molecular weight excluding hydrogens is 258 g/mol. The molecule has 0 aromatic heterocycles. The van der Waals surface area contributed by atoms with Crippen LogP contribution in [0.1, 0.15) is 16.7 Å². The summed E-state index contributed by atoms with van der Waals surface area (Å²) in [4.78, 5) is 2.40. The van der Waals surface area contributed by atoms with Gasteiger partial charge in [0.15, 0.2) is 0 Å². The van der Waals surface area contributed by atoms with Gasteiger partial charge >= 0.3 is 0 Å². The van der Waals surface area contributed by atoms with Gasteiger partial charge in [-0.3, -0.25) is 0 Å². The second-order valence-electron chi connectivity index (χ2n) is 5.41. The highest BCUT2D eigenvalue weighted by atomic mass is 16.5. The van der Waals surface area contributed by atoms with Gasteiger partial charge in [0.2, 0.25) is 0 Å². The van der Waals surface area contributed by atoms with E-state index >= 15 is 0 Å². The SMILES string of the molecule is C=C(c1ccccc1)c1c(C)cccc1N1CCOCC1. The van der Waals surface area contributed by atoms with Gasteiger partial charge in [-0.2, -0.15) is 0 Å². The van der Waals surface area contributed by atoms with Crippen LogP contribution in [0.15, 0.2) is 55.1 Å². The van der Waals surface area contributed by atoms with Crippen molar-refractivity contribution in [3.05, 3.63) is 71.8 Å². The number of anilines is 1. The van der Waals surface area contributed by atoms with Gasteiger partial charge in [0, 0.05) is 24.3 Å². The Hall–Kier alpha value is -2.06. The average molecular weight is 279 g/mol. The van der Waals surface area contributed by atoms with Crippen LogP contribution in [0.3, 0.4) is 0 Å². The molecule has 1 aliphatic heterocycles. The molecule has 0 radical (unpaired) electrons. The molecule has 0 aliphatic carbocycles. The molecule has 0 amide bonds. The number of morpholine rings is 1. The van der Waals surface area contributed by atoms with Crippen LogP contribution in [0, 0.1) is 6.92 Å². The third-order valence-electron chi connectivity index (χ3n) is 4.03. The molecule has 1 fully saturated rings. The molecule has 1 heterocycles. The quantitative estimate of drug-likeness (QED) is 0.845. The van der Waals surface area contributed by atoms with Crippen molar-refractivity contribution in [2.24, 2.45) is 0 Å². The predicted molar refractivity (Wildman–Crippen MR) is 88.8 cm³/mol. The van der Waals surface area contributed by atoms with E-state index in [1.54, 1.807) is 0 Å². The van der Waals surface area contributed by atoms with Crippen LogP contribution in [0.25, 0.3) is 5.57 Å². The Bertz CT molecular complexity index is 627. The molecule has 1 saturated heterocycles. The lowest BCUT2D eigenvalue weighted by Gasteiger charge is -2.31. The molecule has 2 nitrogen and oxygen atoms in total. The van der Waals surface area contributed by atoms with E-state index in [-0.39, 0.29) is 0 Å². The van der Waals surface area contributed by atoms with E-state index in [4.69, 9.17) is 4.74 Å². The summed E-state index contributed by atoms with van der Waals surface area (Å²) in [6.07, 6.45) is 0. The fraction of sp³-hybridized carbons (Fsp3) is 0.263. The van der Waals surface area contributed by atoms with E-state index in [1.807, 2.05) is 6.07 Å². The van der Waals surface area contributed by atoms with Crippen molar-refractivity contribution in [1.82, 2.24) is 0 Å². The van der Waals surface area contributed by atoms with Gasteiger partial charge < -0.3 is 9.64 Å². The smallest absolute Gasteiger partial charge is 0.0642 e. The Balaban J connectivity index is 2.02.